The summed E-state index contributed by atoms with van der Waals surface area (Å²) < 4.78 is 54.9. The minimum absolute atomic E-state index is 0.151. The van der Waals surface area contributed by atoms with Gasteiger partial charge < -0.3 is 4.98 Å². The minimum atomic E-state index is -4.18. The molecule has 0 spiro atoms. The molecule has 126 valence electrons. The fraction of sp³-hybridized carbons (Fsp3) is 0. The molecule has 24 heavy (non-hydrogen) atoms. The number of nitrogens with one attached hydrogen (secondary N) is 2. The predicted molar refractivity (Wildman–Crippen MR) is 93.2 cm³/mol. The number of H-pyrrole nitrogens is 1. The van der Waals surface area contributed by atoms with Gasteiger partial charge in [-0.05, 0) is 28.1 Å². The number of fused-ring (bicyclic) bond motifs is 1. The zero-order valence-electron chi connectivity index (χ0n) is 11.5. The first-order valence-corrected chi connectivity index (χ1v) is 9.36. The van der Waals surface area contributed by atoms with E-state index in [1.165, 1.54) is 12.3 Å². The molecule has 2 aromatic carbocycles. The molecule has 0 aliphatic carbocycles. The first-order valence-electron chi connectivity index (χ1n) is 6.33. The highest BCUT2D eigenvalue weighted by Gasteiger charge is 2.22. The number of hydrogen-bond donors (Lipinski definition) is 2. The van der Waals surface area contributed by atoms with Gasteiger partial charge in [-0.3, -0.25) is 4.72 Å². The number of aromatic amines is 1. The fourth-order valence-electron chi connectivity index (χ4n) is 2.14. The molecule has 3 aromatic rings. The molecule has 0 aliphatic heterocycles. The van der Waals surface area contributed by atoms with Crippen LogP contribution in [0, 0.1) is 11.6 Å². The zero-order valence-corrected chi connectivity index (χ0v) is 15.4. The zero-order chi connectivity index (χ0) is 17.6. The Morgan fingerprint density at radius 1 is 1.12 bits per heavy atom. The third kappa shape index (κ3) is 2.99. The first kappa shape index (κ1) is 17.5. The molecule has 1 heterocycles. The van der Waals surface area contributed by atoms with Crippen molar-refractivity contribution in [3.05, 3.63) is 56.6 Å². The molecule has 10 heteroatoms. The van der Waals surface area contributed by atoms with Crippen molar-refractivity contribution in [2.75, 3.05) is 4.72 Å². The lowest BCUT2D eigenvalue weighted by atomic mass is 10.2. The number of benzene rings is 2. The molecule has 1 aromatic heterocycles. The van der Waals surface area contributed by atoms with Crippen molar-refractivity contribution >= 4 is 65.7 Å². The molecule has 4 nitrogen and oxygen atoms in total. The second-order valence-electron chi connectivity index (χ2n) is 4.79. The number of anilines is 1. The molecule has 0 atom stereocenters. The smallest absolute Gasteiger partial charge is 0.264 e. The van der Waals surface area contributed by atoms with E-state index in [9.17, 15) is 17.2 Å². The summed E-state index contributed by atoms with van der Waals surface area (Å²) in [6.45, 7) is 0. The predicted octanol–water partition coefficient (Wildman–Crippen LogP) is 5.32. The Balaban J connectivity index is 2.09. The summed E-state index contributed by atoms with van der Waals surface area (Å²) >= 11 is 14.8. The fourth-order valence-corrected chi connectivity index (χ4v) is 4.07. The molecule has 0 saturated carbocycles. The highest BCUT2D eigenvalue weighted by atomic mass is 79.9. The third-order valence-corrected chi connectivity index (χ3v) is 6.23. The maximum Gasteiger partial charge on any atom is 0.264 e. The van der Waals surface area contributed by atoms with Gasteiger partial charge in [0.2, 0.25) is 0 Å². The number of sulfonamides is 1. The second-order valence-corrected chi connectivity index (χ2v) is 8.08. The van der Waals surface area contributed by atoms with Crippen LogP contribution in [-0.2, 0) is 10.0 Å². The number of halogens is 5. The summed E-state index contributed by atoms with van der Waals surface area (Å²) in [7, 11) is -4.18. The Morgan fingerprint density at radius 3 is 2.54 bits per heavy atom. The van der Waals surface area contributed by atoms with E-state index in [2.05, 4.69) is 20.9 Å². The number of hydrogen-bond acceptors (Lipinski definition) is 2. The summed E-state index contributed by atoms with van der Waals surface area (Å²) in [5, 5.41) is 0.169. The van der Waals surface area contributed by atoms with Crippen LogP contribution in [0.15, 0.2) is 39.8 Å². The quantitative estimate of drug-likeness (QED) is 0.525. The van der Waals surface area contributed by atoms with Gasteiger partial charge in [0.1, 0.15) is 16.5 Å². The summed E-state index contributed by atoms with van der Waals surface area (Å²) in [6, 6.07) is 4.49. The molecule has 0 aliphatic rings. The van der Waals surface area contributed by atoms with Crippen LogP contribution >= 0.6 is 39.1 Å². The van der Waals surface area contributed by atoms with E-state index in [4.69, 9.17) is 23.2 Å². The van der Waals surface area contributed by atoms with E-state index in [-0.39, 0.29) is 4.90 Å². The van der Waals surface area contributed by atoms with Crippen molar-refractivity contribution in [2.24, 2.45) is 0 Å². The number of aromatic nitrogens is 1. The van der Waals surface area contributed by atoms with E-state index in [0.717, 1.165) is 0 Å². The average molecular weight is 456 g/mol. The van der Waals surface area contributed by atoms with Crippen molar-refractivity contribution < 1.29 is 17.2 Å². The molecular weight excluding hydrogens is 449 g/mol. The topological polar surface area (TPSA) is 62.0 Å². The Morgan fingerprint density at radius 2 is 1.83 bits per heavy atom. The normalized spacial score (nSPS) is 11.9. The highest BCUT2D eigenvalue weighted by molar-refractivity contribution is 9.10. The van der Waals surface area contributed by atoms with Gasteiger partial charge in [-0.25, -0.2) is 17.2 Å². The van der Waals surface area contributed by atoms with Crippen LogP contribution in [0.3, 0.4) is 0 Å². The van der Waals surface area contributed by atoms with Gasteiger partial charge in [0.25, 0.3) is 10.0 Å². The van der Waals surface area contributed by atoms with Crippen LogP contribution < -0.4 is 4.72 Å². The molecule has 0 saturated heterocycles. The van der Waals surface area contributed by atoms with Crippen molar-refractivity contribution in [1.82, 2.24) is 4.98 Å². The lowest BCUT2D eigenvalue weighted by Crippen LogP contribution is -2.14. The average Bonchev–Trinajstić information content (AvgIpc) is 2.94. The number of rotatable bonds is 3. The Kier molecular flexibility index (Phi) is 4.50. The van der Waals surface area contributed by atoms with Gasteiger partial charge in [0.05, 0.1) is 21.2 Å². The lowest BCUT2D eigenvalue weighted by molar-refractivity contribution is 0.595. The monoisotopic (exact) mass is 454 g/mol. The molecular formula is C14H7BrCl2F2N2O2S. The van der Waals surface area contributed by atoms with E-state index in [1.807, 2.05) is 4.72 Å². The maximum atomic E-state index is 13.8. The van der Waals surface area contributed by atoms with Gasteiger partial charge in [-0.2, -0.15) is 0 Å². The SMILES string of the molecule is O=S(=O)(Nc1cc(F)c(Cl)cc1F)c1c[nH]c2c(Cl)c(Br)ccc12. The van der Waals surface area contributed by atoms with Crippen molar-refractivity contribution in [2.45, 2.75) is 4.90 Å². The Hall–Kier alpha value is -1.35. The highest BCUT2D eigenvalue weighted by Crippen LogP contribution is 2.34. The van der Waals surface area contributed by atoms with Crippen molar-refractivity contribution in [3.8, 4) is 0 Å². The van der Waals surface area contributed by atoms with Gasteiger partial charge in [-0.1, -0.05) is 29.3 Å². The van der Waals surface area contributed by atoms with Crippen molar-refractivity contribution in [3.63, 3.8) is 0 Å². The summed E-state index contributed by atoms with van der Waals surface area (Å²) in [6.07, 6.45) is 1.22. The van der Waals surface area contributed by atoms with E-state index in [1.54, 1.807) is 6.07 Å². The van der Waals surface area contributed by atoms with E-state index < -0.39 is 32.4 Å². The maximum absolute atomic E-state index is 13.8. The largest absolute Gasteiger partial charge is 0.359 e. The summed E-state index contributed by atoms with van der Waals surface area (Å²) in [5.41, 5.74) is -0.149. The Bertz CT molecular complexity index is 1070. The van der Waals surface area contributed by atoms with Crippen LogP contribution in [0.25, 0.3) is 10.9 Å². The molecule has 0 amide bonds. The minimum Gasteiger partial charge on any atom is -0.359 e. The first-order chi connectivity index (χ1) is 11.2. The molecule has 0 fully saturated rings. The summed E-state index contributed by atoms with van der Waals surface area (Å²) in [5.74, 6) is -1.94. The standard InChI is InChI=1S/C14H7BrCl2F2N2O2S/c15-7-2-1-6-12(5-20-14(6)13(7)17)24(22,23)21-11-4-9(18)8(16)3-10(11)19/h1-5,20-21H. The van der Waals surface area contributed by atoms with Crippen LogP contribution in [0.1, 0.15) is 0 Å². The summed E-state index contributed by atoms with van der Waals surface area (Å²) in [4.78, 5) is 2.60. The molecule has 0 bridgehead atoms. The van der Waals surface area contributed by atoms with Gasteiger partial charge in [-0.15, -0.1) is 0 Å². The Labute approximate surface area is 153 Å². The molecule has 0 radical (unpaired) electrons. The van der Waals surface area contributed by atoms with Crippen molar-refractivity contribution in [1.29, 1.82) is 0 Å². The van der Waals surface area contributed by atoms with Crippen LogP contribution in [0.5, 0.6) is 0 Å². The van der Waals surface area contributed by atoms with Crippen LogP contribution in [0.2, 0.25) is 10.0 Å². The molecule has 2 N–H and O–H groups in total. The van der Waals surface area contributed by atoms with Gasteiger partial charge in [0.15, 0.2) is 0 Å². The van der Waals surface area contributed by atoms with E-state index >= 15 is 0 Å². The van der Waals surface area contributed by atoms with Gasteiger partial charge in [0, 0.05) is 22.1 Å². The van der Waals surface area contributed by atoms with Gasteiger partial charge >= 0.3 is 0 Å². The third-order valence-electron chi connectivity index (χ3n) is 3.25. The molecule has 0 unspecified atom stereocenters. The lowest BCUT2D eigenvalue weighted by Gasteiger charge is -2.09. The van der Waals surface area contributed by atoms with E-state index in [0.29, 0.717) is 32.5 Å². The molecule has 3 rings (SSSR count). The van der Waals surface area contributed by atoms with Crippen LogP contribution in [0.4, 0.5) is 14.5 Å². The second kappa shape index (κ2) is 6.18. The van der Waals surface area contributed by atoms with Crippen LogP contribution in [-0.4, -0.2) is 13.4 Å².